The van der Waals surface area contributed by atoms with Crippen molar-refractivity contribution in [3.05, 3.63) is 64.8 Å². The van der Waals surface area contributed by atoms with Crippen LogP contribution in [0.1, 0.15) is 19.8 Å². The fourth-order valence-corrected chi connectivity index (χ4v) is 2.42. The summed E-state index contributed by atoms with van der Waals surface area (Å²) in [5.74, 6) is 0.602. The van der Waals surface area contributed by atoms with Crippen LogP contribution in [-0.2, 0) is 0 Å². The molecule has 2 aromatic carbocycles. The molecule has 0 aliphatic heterocycles. The first-order valence-electron chi connectivity index (χ1n) is 7.65. The van der Waals surface area contributed by atoms with E-state index < -0.39 is 0 Å². The van der Waals surface area contributed by atoms with Gasteiger partial charge < -0.3 is 9.73 Å². The van der Waals surface area contributed by atoms with Gasteiger partial charge in [-0.25, -0.2) is 0 Å². The maximum Gasteiger partial charge on any atom is 0.193 e. The molecule has 1 N–H and O–H groups in total. The number of unbranched alkanes of at least 4 members (excludes halogenated alkanes) is 1. The van der Waals surface area contributed by atoms with Crippen LogP contribution in [0.25, 0.3) is 22.3 Å². The van der Waals surface area contributed by atoms with Crippen LogP contribution in [0.2, 0.25) is 0 Å². The maximum atomic E-state index is 12.4. The minimum absolute atomic E-state index is 0.0146. The molecule has 1 aromatic heterocycles. The van der Waals surface area contributed by atoms with Gasteiger partial charge in [0.05, 0.1) is 5.39 Å². The van der Waals surface area contributed by atoms with Gasteiger partial charge in [-0.05, 0) is 24.6 Å². The maximum absolute atomic E-state index is 12.4. The Balaban J connectivity index is 1.98. The van der Waals surface area contributed by atoms with Crippen LogP contribution in [0.3, 0.4) is 0 Å². The molecule has 0 unspecified atom stereocenters. The molecule has 0 saturated heterocycles. The molecule has 0 amide bonds. The van der Waals surface area contributed by atoms with Crippen LogP contribution in [0.15, 0.2) is 63.8 Å². The fraction of sp³-hybridized carbons (Fsp3) is 0.211. The van der Waals surface area contributed by atoms with E-state index in [0.717, 1.165) is 30.6 Å². The van der Waals surface area contributed by atoms with Gasteiger partial charge in [0, 0.05) is 23.9 Å². The topological polar surface area (TPSA) is 42.2 Å². The van der Waals surface area contributed by atoms with Crippen molar-refractivity contribution in [3.8, 4) is 11.3 Å². The molecule has 0 aliphatic rings. The summed E-state index contributed by atoms with van der Waals surface area (Å²) in [6.07, 6.45) is 2.25. The number of benzene rings is 2. The molecule has 3 aromatic rings. The lowest BCUT2D eigenvalue weighted by Crippen LogP contribution is -2.04. The number of nitrogens with one attached hydrogen (secondary N) is 1. The predicted molar refractivity (Wildman–Crippen MR) is 91.3 cm³/mol. The zero-order chi connectivity index (χ0) is 15.4. The Morgan fingerprint density at radius 2 is 1.86 bits per heavy atom. The van der Waals surface area contributed by atoms with E-state index in [-0.39, 0.29) is 5.43 Å². The SMILES string of the molecule is CCCCNc1ccc2oc(-c3ccccc3)cc(=O)c2c1. The molecule has 3 nitrogen and oxygen atoms in total. The van der Waals surface area contributed by atoms with E-state index in [1.807, 2.05) is 48.5 Å². The molecule has 3 heteroatoms. The monoisotopic (exact) mass is 293 g/mol. The van der Waals surface area contributed by atoms with Gasteiger partial charge in [-0.15, -0.1) is 0 Å². The van der Waals surface area contributed by atoms with Crippen LogP contribution < -0.4 is 10.7 Å². The van der Waals surface area contributed by atoms with E-state index in [1.165, 1.54) is 0 Å². The van der Waals surface area contributed by atoms with Gasteiger partial charge in [-0.1, -0.05) is 43.7 Å². The van der Waals surface area contributed by atoms with Gasteiger partial charge in [0.1, 0.15) is 11.3 Å². The quantitative estimate of drug-likeness (QED) is 0.695. The first-order valence-corrected chi connectivity index (χ1v) is 7.65. The highest BCUT2D eigenvalue weighted by atomic mass is 16.3. The van der Waals surface area contributed by atoms with Crippen LogP contribution in [0, 0.1) is 0 Å². The molecular weight excluding hydrogens is 274 g/mol. The number of hydrogen-bond donors (Lipinski definition) is 1. The third kappa shape index (κ3) is 3.03. The van der Waals surface area contributed by atoms with E-state index in [1.54, 1.807) is 6.07 Å². The molecule has 0 spiro atoms. The Labute approximate surface area is 129 Å². The van der Waals surface area contributed by atoms with Gasteiger partial charge in [-0.2, -0.15) is 0 Å². The van der Waals surface area contributed by atoms with E-state index in [9.17, 15) is 4.79 Å². The van der Waals surface area contributed by atoms with Crippen molar-refractivity contribution in [1.29, 1.82) is 0 Å². The van der Waals surface area contributed by atoms with Crippen molar-refractivity contribution >= 4 is 16.7 Å². The largest absolute Gasteiger partial charge is 0.456 e. The highest BCUT2D eigenvalue weighted by molar-refractivity contribution is 5.82. The fourth-order valence-electron chi connectivity index (χ4n) is 2.42. The van der Waals surface area contributed by atoms with Crippen LogP contribution in [0.5, 0.6) is 0 Å². The average molecular weight is 293 g/mol. The molecule has 0 bridgehead atoms. The Bertz CT molecular complexity index is 822. The Hall–Kier alpha value is -2.55. The van der Waals surface area contributed by atoms with Gasteiger partial charge in [-0.3, -0.25) is 4.79 Å². The standard InChI is InChI=1S/C19H19NO2/c1-2-3-11-20-15-9-10-18-16(12-15)17(21)13-19(22-18)14-7-5-4-6-8-14/h4-10,12-13,20H,2-3,11H2,1H3. The normalized spacial score (nSPS) is 10.8. The highest BCUT2D eigenvalue weighted by Crippen LogP contribution is 2.23. The summed E-state index contributed by atoms with van der Waals surface area (Å²) in [4.78, 5) is 12.4. The molecule has 0 fully saturated rings. The van der Waals surface area contributed by atoms with E-state index in [4.69, 9.17) is 4.42 Å². The summed E-state index contributed by atoms with van der Waals surface area (Å²) in [6, 6.07) is 16.9. The third-order valence-corrected chi connectivity index (χ3v) is 3.64. The number of anilines is 1. The third-order valence-electron chi connectivity index (χ3n) is 3.64. The van der Waals surface area contributed by atoms with Crippen molar-refractivity contribution in [2.75, 3.05) is 11.9 Å². The van der Waals surface area contributed by atoms with Crippen molar-refractivity contribution in [2.45, 2.75) is 19.8 Å². The van der Waals surface area contributed by atoms with E-state index in [2.05, 4.69) is 12.2 Å². The number of rotatable bonds is 5. The minimum atomic E-state index is -0.0146. The Morgan fingerprint density at radius 3 is 2.64 bits per heavy atom. The van der Waals surface area contributed by atoms with Crippen molar-refractivity contribution < 1.29 is 4.42 Å². The molecule has 0 radical (unpaired) electrons. The predicted octanol–water partition coefficient (Wildman–Crippen LogP) is 4.67. The summed E-state index contributed by atoms with van der Waals surface area (Å²) < 4.78 is 5.88. The van der Waals surface area contributed by atoms with E-state index in [0.29, 0.717) is 16.7 Å². The minimum Gasteiger partial charge on any atom is -0.456 e. The van der Waals surface area contributed by atoms with Gasteiger partial charge in [0.2, 0.25) is 0 Å². The molecule has 22 heavy (non-hydrogen) atoms. The van der Waals surface area contributed by atoms with Crippen molar-refractivity contribution in [1.82, 2.24) is 0 Å². The molecule has 0 atom stereocenters. The summed E-state index contributed by atoms with van der Waals surface area (Å²) in [7, 11) is 0. The van der Waals surface area contributed by atoms with E-state index >= 15 is 0 Å². The highest BCUT2D eigenvalue weighted by Gasteiger charge is 2.07. The second-order valence-electron chi connectivity index (χ2n) is 5.33. The summed E-state index contributed by atoms with van der Waals surface area (Å²) in [6.45, 7) is 3.07. The summed E-state index contributed by atoms with van der Waals surface area (Å²) in [5, 5.41) is 3.94. The molecule has 0 saturated carbocycles. The molecule has 3 rings (SSSR count). The van der Waals surface area contributed by atoms with Gasteiger partial charge in [0.15, 0.2) is 5.43 Å². The molecule has 1 heterocycles. The zero-order valence-corrected chi connectivity index (χ0v) is 12.6. The molecule has 112 valence electrons. The molecule has 0 aliphatic carbocycles. The Kier molecular flexibility index (Phi) is 4.24. The van der Waals surface area contributed by atoms with Crippen LogP contribution >= 0.6 is 0 Å². The van der Waals surface area contributed by atoms with Crippen molar-refractivity contribution in [3.63, 3.8) is 0 Å². The molecular formula is C19H19NO2. The Morgan fingerprint density at radius 1 is 1.05 bits per heavy atom. The first kappa shape index (κ1) is 14.4. The second kappa shape index (κ2) is 6.48. The average Bonchev–Trinajstić information content (AvgIpc) is 2.56. The van der Waals surface area contributed by atoms with Crippen LogP contribution in [-0.4, -0.2) is 6.54 Å². The number of hydrogen-bond acceptors (Lipinski definition) is 3. The van der Waals surface area contributed by atoms with Crippen LogP contribution in [0.4, 0.5) is 5.69 Å². The lowest BCUT2D eigenvalue weighted by molar-refractivity contribution is 0.619. The first-order chi connectivity index (χ1) is 10.8. The number of fused-ring (bicyclic) bond motifs is 1. The smallest absolute Gasteiger partial charge is 0.193 e. The lowest BCUT2D eigenvalue weighted by atomic mass is 10.1. The second-order valence-corrected chi connectivity index (χ2v) is 5.33. The lowest BCUT2D eigenvalue weighted by Gasteiger charge is -2.07. The summed E-state index contributed by atoms with van der Waals surface area (Å²) in [5.41, 5.74) is 2.47. The van der Waals surface area contributed by atoms with Gasteiger partial charge >= 0.3 is 0 Å². The van der Waals surface area contributed by atoms with Gasteiger partial charge in [0.25, 0.3) is 0 Å². The zero-order valence-electron chi connectivity index (χ0n) is 12.6. The summed E-state index contributed by atoms with van der Waals surface area (Å²) >= 11 is 0. The van der Waals surface area contributed by atoms with Crippen molar-refractivity contribution in [2.24, 2.45) is 0 Å².